The smallest absolute Gasteiger partial charge is 0.437 e. The summed E-state index contributed by atoms with van der Waals surface area (Å²) in [5.74, 6) is -0.764. The monoisotopic (exact) mass is 449 g/mol. The van der Waals surface area contributed by atoms with E-state index in [-0.39, 0.29) is 18.3 Å². The number of nitrogens with zero attached hydrogens (tertiary/aromatic N) is 3. The lowest BCUT2D eigenvalue weighted by Crippen LogP contribution is -2.35. The van der Waals surface area contributed by atoms with E-state index in [9.17, 15) is 14.0 Å². The van der Waals surface area contributed by atoms with Gasteiger partial charge in [0.15, 0.2) is 0 Å². The Morgan fingerprint density at radius 3 is 2.57 bits per heavy atom. The minimum atomic E-state index is -0.757. The number of carbonyl (C=O) groups excluding carboxylic acids is 1. The molecule has 0 spiro atoms. The van der Waals surface area contributed by atoms with Gasteiger partial charge in [0.1, 0.15) is 24.7 Å². The summed E-state index contributed by atoms with van der Waals surface area (Å²) in [5.41, 5.74) is 0.445. The Labute approximate surface area is 168 Å². The quantitative estimate of drug-likeness (QED) is 0.553. The van der Waals surface area contributed by atoms with Crippen molar-refractivity contribution in [3.05, 3.63) is 69.4 Å². The van der Waals surface area contributed by atoms with Crippen molar-refractivity contribution in [2.75, 3.05) is 20.2 Å². The number of hydrogen-bond acceptors (Lipinski definition) is 5. The maximum absolute atomic E-state index is 13.0. The predicted octanol–water partition coefficient (Wildman–Crippen LogP) is 2.94. The molecule has 7 nitrogen and oxygen atoms in total. The van der Waals surface area contributed by atoms with Gasteiger partial charge in [0, 0.05) is 17.1 Å². The van der Waals surface area contributed by atoms with Gasteiger partial charge in [-0.2, -0.15) is 4.68 Å². The molecule has 0 unspecified atom stereocenters. The zero-order chi connectivity index (χ0) is 20.1. The highest BCUT2D eigenvalue weighted by molar-refractivity contribution is 9.10. The fraction of sp³-hybridized carbons (Fsp3) is 0.211. The van der Waals surface area contributed by atoms with Crippen molar-refractivity contribution in [3.8, 4) is 17.2 Å². The van der Waals surface area contributed by atoms with Gasteiger partial charge < -0.3 is 14.1 Å². The molecule has 0 fully saturated rings. The fourth-order valence-electron chi connectivity index (χ4n) is 2.32. The molecule has 3 rings (SSSR count). The minimum absolute atomic E-state index is 0.0269. The number of benzene rings is 2. The lowest BCUT2D eigenvalue weighted by Gasteiger charge is -2.17. The number of ether oxygens (including phenoxy) is 1. The third kappa shape index (κ3) is 5.07. The van der Waals surface area contributed by atoms with E-state index >= 15 is 0 Å². The Hall–Kier alpha value is -2.94. The summed E-state index contributed by atoms with van der Waals surface area (Å²) in [6, 6.07) is 12.7. The van der Waals surface area contributed by atoms with Crippen molar-refractivity contribution in [3.63, 3.8) is 0 Å². The van der Waals surface area contributed by atoms with Gasteiger partial charge in [-0.15, -0.1) is 5.10 Å². The molecule has 9 heteroatoms. The summed E-state index contributed by atoms with van der Waals surface area (Å²) in [4.78, 5) is 25.7. The summed E-state index contributed by atoms with van der Waals surface area (Å²) in [6.07, 6.45) is 0. The molecule has 0 aliphatic heterocycles. The molecule has 1 amide bonds. The van der Waals surface area contributed by atoms with Crippen molar-refractivity contribution in [1.82, 2.24) is 14.7 Å². The molecule has 0 radical (unpaired) electrons. The van der Waals surface area contributed by atoms with Crippen molar-refractivity contribution >= 4 is 21.8 Å². The van der Waals surface area contributed by atoms with Crippen molar-refractivity contribution in [1.29, 1.82) is 0 Å². The molecule has 146 valence electrons. The van der Waals surface area contributed by atoms with Crippen LogP contribution in [-0.2, 0) is 11.3 Å². The van der Waals surface area contributed by atoms with Crippen LogP contribution < -0.4 is 10.5 Å². The first-order chi connectivity index (χ1) is 13.4. The Balaban J connectivity index is 1.55. The highest BCUT2D eigenvalue weighted by Crippen LogP contribution is 2.16. The van der Waals surface area contributed by atoms with Crippen molar-refractivity contribution < 1.29 is 18.3 Å². The Morgan fingerprint density at radius 2 is 1.89 bits per heavy atom. The van der Waals surface area contributed by atoms with Gasteiger partial charge >= 0.3 is 5.76 Å². The van der Waals surface area contributed by atoms with Crippen LogP contribution >= 0.6 is 15.9 Å². The topological polar surface area (TPSA) is 77.6 Å². The van der Waals surface area contributed by atoms with Crippen molar-refractivity contribution in [2.24, 2.45) is 0 Å². The zero-order valence-electron chi connectivity index (χ0n) is 15.0. The van der Waals surface area contributed by atoms with Crippen LogP contribution in [-0.4, -0.2) is 40.8 Å². The molecule has 0 aliphatic carbocycles. The van der Waals surface area contributed by atoms with Crippen LogP contribution in [0.1, 0.15) is 0 Å². The van der Waals surface area contributed by atoms with Gasteiger partial charge in [-0.3, -0.25) is 4.79 Å². The first-order valence-electron chi connectivity index (χ1n) is 8.38. The second-order valence-electron chi connectivity index (χ2n) is 5.96. The molecule has 2 aromatic carbocycles. The van der Waals surface area contributed by atoms with Crippen LogP contribution in [0, 0.1) is 5.82 Å². The van der Waals surface area contributed by atoms with E-state index < -0.39 is 11.6 Å². The molecule has 1 heterocycles. The molecule has 0 atom stereocenters. The van der Waals surface area contributed by atoms with Gasteiger partial charge in [-0.05, 0) is 48.5 Å². The third-order valence-electron chi connectivity index (χ3n) is 3.92. The number of rotatable bonds is 7. The van der Waals surface area contributed by atoms with Crippen LogP contribution in [0.4, 0.5) is 4.39 Å². The first-order valence-corrected chi connectivity index (χ1v) is 9.18. The minimum Gasteiger partial charge on any atom is -0.492 e. The van der Waals surface area contributed by atoms with Crippen molar-refractivity contribution in [2.45, 2.75) is 6.54 Å². The van der Waals surface area contributed by atoms with Gasteiger partial charge in [0.05, 0.1) is 6.54 Å². The second-order valence-corrected chi connectivity index (χ2v) is 6.87. The molecule has 1 aromatic heterocycles. The third-order valence-corrected chi connectivity index (χ3v) is 4.45. The molecule has 28 heavy (non-hydrogen) atoms. The van der Waals surface area contributed by atoms with E-state index in [4.69, 9.17) is 9.15 Å². The number of halogens is 2. The number of amides is 1. The first kappa shape index (κ1) is 19.8. The highest BCUT2D eigenvalue weighted by atomic mass is 79.9. The summed E-state index contributed by atoms with van der Waals surface area (Å²) in [6.45, 7) is 0.378. The van der Waals surface area contributed by atoms with Gasteiger partial charge in [0.25, 0.3) is 0 Å². The van der Waals surface area contributed by atoms with E-state index in [0.717, 1.165) is 9.15 Å². The van der Waals surface area contributed by atoms with Crippen LogP contribution in [0.2, 0.25) is 0 Å². The molecule has 0 aliphatic rings. The van der Waals surface area contributed by atoms with Gasteiger partial charge in [-0.25, -0.2) is 9.18 Å². The van der Waals surface area contributed by atoms with Crippen LogP contribution in [0.25, 0.3) is 11.5 Å². The molecular formula is C19H17BrFN3O4. The van der Waals surface area contributed by atoms with E-state index in [2.05, 4.69) is 21.0 Å². The number of likely N-dealkylation sites (N-methyl/N-ethyl adjacent to an activating group) is 1. The van der Waals surface area contributed by atoms with E-state index in [1.54, 1.807) is 7.05 Å². The number of aromatic nitrogens is 2. The fourth-order valence-corrected chi connectivity index (χ4v) is 2.58. The maximum Gasteiger partial charge on any atom is 0.437 e. The Morgan fingerprint density at radius 1 is 1.21 bits per heavy atom. The zero-order valence-corrected chi connectivity index (χ0v) is 16.6. The normalized spacial score (nSPS) is 10.7. The molecule has 0 saturated carbocycles. The molecule has 0 N–H and O–H groups in total. The SMILES string of the molecule is CN(CCOc1ccc(Br)cc1)C(=O)Cn1nc(-c2ccc(F)cc2)oc1=O. The number of hydrogen-bond donors (Lipinski definition) is 0. The van der Waals surface area contributed by atoms with Crippen LogP contribution in [0.15, 0.2) is 62.2 Å². The van der Waals surface area contributed by atoms with Crippen LogP contribution in [0.5, 0.6) is 5.75 Å². The Kier molecular flexibility index (Phi) is 6.25. The number of carbonyl (C=O) groups is 1. The molecule has 0 saturated heterocycles. The summed E-state index contributed by atoms with van der Waals surface area (Å²) in [5, 5.41) is 4.00. The highest BCUT2D eigenvalue weighted by Gasteiger charge is 2.16. The van der Waals surface area contributed by atoms with Gasteiger partial charge in [0.2, 0.25) is 11.8 Å². The second kappa shape index (κ2) is 8.83. The summed E-state index contributed by atoms with van der Waals surface area (Å²) in [7, 11) is 1.61. The van der Waals surface area contributed by atoms with Crippen LogP contribution in [0.3, 0.4) is 0 Å². The predicted molar refractivity (Wildman–Crippen MR) is 103 cm³/mol. The van der Waals surface area contributed by atoms with Gasteiger partial charge in [-0.1, -0.05) is 15.9 Å². The summed E-state index contributed by atoms with van der Waals surface area (Å²) >= 11 is 3.35. The molecule has 0 bridgehead atoms. The Bertz CT molecular complexity index is 999. The largest absolute Gasteiger partial charge is 0.492 e. The average Bonchev–Trinajstić information content (AvgIpc) is 3.04. The lowest BCUT2D eigenvalue weighted by molar-refractivity contribution is -0.131. The van der Waals surface area contributed by atoms with E-state index in [0.29, 0.717) is 24.5 Å². The summed E-state index contributed by atoms with van der Waals surface area (Å²) < 4.78 is 25.5. The maximum atomic E-state index is 13.0. The molecule has 3 aromatic rings. The van der Waals surface area contributed by atoms with E-state index in [1.165, 1.54) is 29.2 Å². The average molecular weight is 450 g/mol. The standard InChI is InChI=1S/C19H17BrFN3O4/c1-23(10-11-27-16-8-4-14(20)5-9-16)17(25)12-24-19(26)28-18(22-24)13-2-6-15(21)7-3-13/h2-9H,10-12H2,1H3. The molecular weight excluding hydrogens is 433 g/mol. The lowest BCUT2D eigenvalue weighted by atomic mass is 10.2. The van der Waals surface area contributed by atoms with E-state index in [1.807, 2.05) is 24.3 Å².